The Hall–Kier alpha value is -2.05. The molecule has 138 valence electrons. The van der Waals surface area contributed by atoms with E-state index in [-0.39, 0.29) is 12.5 Å². The smallest absolute Gasteiger partial charge is 0.260 e. The predicted molar refractivity (Wildman–Crippen MR) is 104 cm³/mol. The van der Waals surface area contributed by atoms with E-state index in [1.54, 1.807) is 7.11 Å². The van der Waals surface area contributed by atoms with E-state index in [0.717, 1.165) is 42.9 Å². The zero-order valence-electron chi connectivity index (χ0n) is 14.9. The summed E-state index contributed by atoms with van der Waals surface area (Å²) >= 11 is 3.46. The summed E-state index contributed by atoms with van der Waals surface area (Å²) in [7, 11) is 1.62. The van der Waals surface area contributed by atoms with Crippen LogP contribution in [0.15, 0.2) is 53.0 Å². The predicted octanol–water partition coefficient (Wildman–Crippen LogP) is 3.18. The molecule has 0 spiro atoms. The Morgan fingerprint density at radius 1 is 0.962 bits per heavy atom. The summed E-state index contributed by atoms with van der Waals surface area (Å²) in [4.78, 5) is 16.6. The minimum atomic E-state index is 0.0316. The first kappa shape index (κ1) is 18.7. The number of rotatable bonds is 6. The summed E-state index contributed by atoms with van der Waals surface area (Å²) in [6, 6.07) is 15.6. The zero-order chi connectivity index (χ0) is 18.4. The lowest BCUT2D eigenvalue weighted by Crippen LogP contribution is -2.49. The highest BCUT2D eigenvalue weighted by atomic mass is 79.9. The van der Waals surface area contributed by atoms with Gasteiger partial charge in [-0.05, 0) is 42.0 Å². The molecule has 26 heavy (non-hydrogen) atoms. The van der Waals surface area contributed by atoms with Gasteiger partial charge in [-0.15, -0.1) is 0 Å². The van der Waals surface area contributed by atoms with Crippen LogP contribution in [-0.2, 0) is 11.3 Å². The van der Waals surface area contributed by atoms with E-state index in [0.29, 0.717) is 5.75 Å². The molecule has 1 fully saturated rings. The van der Waals surface area contributed by atoms with Crippen molar-refractivity contribution in [2.24, 2.45) is 0 Å². The van der Waals surface area contributed by atoms with E-state index in [1.807, 2.05) is 29.2 Å². The number of hydrogen-bond acceptors (Lipinski definition) is 4. The van der Waals surface area contributed by atoms with Gasteiger partial charge < -0.3 is 14.4 Å². The molecular weight excluding hydrogens is 396 g/mol. The largest absolute Gasteiger partial charge is 0.497 e. The van der Waals surface area contributed by atoms with Gasteiger partial charge in [0.2, 0.25) is 0 Å². The van der Waals surface area contributed by atoms with Crippen molar-refractivity contribution < 1.29 is 14.3 Å². The fraction of sp³-hybridized carbons (Fsp3) is 0.350. The lowest BCUT2D eigenvalue weighted by molar-refractivity contribution is -0.135. The van der Waals surface area contributed by atoms with Gasteiger partial charge in [-0.25, -0.2) is 0 Å². The normalized spacial score (nSPS) is 14.9. The Labute approximate surface area is 162 Å². The molecule has 0 radical (unpaired) electrons. The van der Waals surface area contributed by atoms with Crippen LogP contribution in [0, 0.1) is 0 Å². The standard InChI is InChI=1S/C20H23BrN2O3/c1-25-18-6-8-19(9-7-18)26-15-20(24)23-12-10-22(11-13-23)14-16-2-4-17(21)5-3-16/h2-9H,10-15H2,1H3. The van der Waals surface area contributed by atoms with Crippen molar-refractivity contribution in [1.82, 2.24) is 9.80 Å². The molecule has 0 unspecified atom stereocenters. The summed E-state index contributed by atoms with van der Waals surface area (Å²) in [5.41, 5.74) is 1.29. The van der Waals surface area contributed by atoms with Gasteiger partial charge in [0.05, 0.1) is 7.11 Å². The number of halogens is 1. The van der Waals surface area contributed by atoms with Crippen molar-refractivity contribution in [2.45, 2.75) is 6.54 Å². The van der Waals surface area contributed by atoms with Crippen LogP contribution in [0.1, 0.15) is 5.56 Å². The second-order valence-electron chi connectivity index (χ2n) is 6.25. The highest BCUT2D eigenvalue weighted by molar-refractivity contribution is 9.10. The molecule has 1 heterocycles. The van der Waals surface area contributed by atoms with Crippen molar-refractivity contribution in [3.63, 3.8) is 0 Å². The average molecular weight is 419 g/mol. The molecule has 3 rings (SSSR count). The molecule has 2 aromatic rings. The zero-order valence-corrected chi connectivity index (χ0v) is 16.4. The third kappa shape index (κ3) is 5.22. The van der Waals surface area contributed by atoms with E-state index in [1.165, 1.54) is 5.56 Å². The Morgan fingerprint density at radius 3 is 2.19 bits per heavy atom. The second-order valence-corrected chi connectivity index (χ2v) is 7.16. The second kappa shape index (κ2) is 9.05. The number of hydrogen-bond donors (Lipinski definition) is 0. The summed E-state index contributed by atoms with van der Waals surface area (Å²) in [5.74, 6) is 1.47. The lowest BCUT2D eigenvalue weighted by Gasteiger charge is -2.34. The number of ether oxygens (including phenoxy) is 2. The molecule has 0 aliphatic carbocycles. The fourth-order valence-electron chi connectivity index (χ4n) is 2.91. The van der Waals surface area contributed by atoms with Crippen LogP contribution in [0.3, 0.4) is 0 Å². The SMILES string of the molecule is COc1ccc(OCC(=O)N2CCN(Cc3ccc(Br)cc3)CC2)cc1. The Morgan fingerprint density at radius 2 is 1.58 bits per heavy atom. The number of carbonyl (C=O) groups is 1. The molecule has 1 amide bonds. The first-order valence-electron chi connectivity index (χ1n) is 8.65. The molecule has 0 N–H and O–H groups in total. The van der Waals surface area contributed by atoms with E-state index < -0.39 is 0 Å². The van der Waals surface area contributed by atoms with E-state index in [4.69, 9.17) is 9.47 Å². The maximum atomic E-state index is 12.3. The minimum Gasteiger partial charge on any atom is -0.497 e. The molecule has 1 saturated heterocycles. The Bertz CT molecular complexity index is 711. The lowest BCUT2D eigenvalue weighted by atomic mass is 10.2. The van der Waals surface area contributed by atoms with Gasteiger partial charge in [0.25, 0.3) is 5.91 Å². The molecule has 0 saturated carbocycles. The molecule has 0 atom stereocenters. The summed E-state index contributed by atoms with van der Waals surface area (Å²) < 4.78 is 11.8. The first-order valence-corrected chi connectivity index (χ1v) is 9.45. The van der Waals surface area contributed by atoms with Crippen molar-refractivity contribution in [3.8, 4) is 11.5 Å². The fourth-order valence-corrected chi connectivity index (χ4v) is 3.18. The van der Waals surface area contributed by atoms with Gasteiger partial charge in [0.1, 0.15) is 11.5 Å². The van der Waals surface area contributed by atoms with Crippen molar-refractivity contribution in [1.29, 1.82) is 0 Å². The molecule has 0 bridgehead atoms. The van der Waals surface area contributed by atoms with E-state index >= 15 is 0 Å². The van der Waals surface area contributed by atoms with Crippen LogP contribution in [0.25, 0.3) is 0 Å². The van der Waals surface area contributed by atoms with Gasteiger partial charge in [-0.3, -0.25) is 9.69 Å². The quantitative estimate of drug-likeness (QED) is 0.722. The minimum absolute atomic E-state index is 0.0316. The molecular formula is C20H23BrN2O3. The van der Waals surface area contributed by atoms with Crippen LogP contribution in [0.4, 0.5) is 0 Å². The number of methoxy groups -OCH3 is 1. The van der Waals surface area contributed by atoms with Gasteiger partial charge in [-0.1, -0.05) is 28.1 Å². The van der Waals surface area contributed by atoms with Crippen molar-refractivity contribution in [3.05, 3.63) is 58.6 Å². The van der Waals surface area contributed by atoms with E-state index in [2.05, 4.69) is 45.1 Å². The number of amides is 1. The number of benzene rings is 2. The van der Waals surface area contributed by atoms with Crippen molar-refractivity contribution >= 4 is 21.8 Å². The van der Waals surface area contributed by atoms with Crippen LogP contribution in [-0.4, -0.2) is 55.6 Å². The maximum absolute atomic E-state index is 12.3. The monoisotopic (exact) mass is 418 g/mol. The highest BCUT2D eigenvalue weighted by Gasteiger charge is 2.21. The van der Waals surface area contributed by atoms with Gasteiger partial charge in [0, 0.05) is 37.2 Å². The van der Waals surface area contributed by atoms with Crippen molar-refractivity contribution in [2.75, 3.05) is 39.9 Å². The number of carbonyl (C=O) groups excluding carboxylic acids is 1. The molecule has 2 aromatic carbocycles. The average Bonchev–Trinajstić information content (AvgIpc) is 2.69. The number of piperazine rings is 1. The number of nitrogens with zero attached hydrogens (tertiary/aromatic N) is 2. The van der Waals surface area contributed by atoms with Crippen LogP contribution in [0.2, 0.25) is 0 Å². The maximum Gasteiger partial charge on any atom is 0.260 e. The molecule has 1 aliphatic rings. The first-order chi connectivity index (χ1) is 12.6. The molecule has 5 nitrogen and oxygen atoms in total. The third-order valence-electron chi connectivity index (χ3n) is 4.47. The third-order valence-corrected chi connectivity index (χ3v) is 4.99. The van der Waals surface area contributed by atoms with Crippen LogP contribution < -0.4 is 9.47 Å². The summed E-state index contributed by atoms with van der Waals surface area (Å²) in [5, 5.41) is 0. The summed E-state index contributed by atoms with van der Waals surface area (Å²) in [6.07, 6.45) is 0. The van der Waals surface area contributed by atoms with Gasteiger partial charge in [-0.2, -0.15) is 0 Å². The van der Waals surface area contributed by atoms with Gasteiger partial charge in [0.15, 0.2) is 6.61 Å². The summed E-state index contributed by atoms with van der Waals surface area (Å²) in [6.45, 7) is 4.22. The van der Waals surface area contributed by atoms with E-state index in [9.17, 15) is 4.79 Å². The Balaban J connectivity index is 1.42. The molecule has 6 heteroatoms. The van der Waals surface area contributed by atoms with Gasteiger partial charge >= 0.3 is 0 Å². The van der Waals surface area contributed by atoms with Crippen LogP contribution in [0.5, 0.6) is 11.5 Å². The highest BCUT2D eigenvalue weighted by Crippen LogP contribution is 2.17. The molecule has 0 aromatic heterocycles. The molecule has 1 aliphatic heterocycles. The van der Waals surface area contributed by atoms with Crippen LogP contribution >= 0.6 is 15.9 Å². The Kier molecular flexibility index (Phi) is 6.52. The topological polar surface area (TPSA) is 42.0 Å².